The zero-order valence-corrected chi connectivity index (χ0v) is 10.1. The minimum Gasteiger partial charge on any atom is -0.384 e. The van der Waals surface area contributed by atoms with E-state index < -0.39 is 0 Å². The van der Waals surface area contributed by atoms with Crippen molar-refractivity contribution in [1.29, 1.82) is 0 Å². The minimum absolute atomic E-state index is 0.508. The van der Waals surface area contributed by atoms with Crippen LogP contribution in [0.3, 0.4) is 0 Å². The summed E-state index contributed by atoms with van der Waals surface area (Å²) in [5.41, 5.74) is 2.28. The van der Waals surface area contributed by atoms with E-state index in [9.17, 15) is 0 Å². The smallest absolute Gasteiger partial charge is 0.0575 e. The van der Waals surface area contributed by atoms with Crippen LogP contribution in [0.2, 0.25) is 0 Å². The van der Waals surface area contributed by atoms with Crippen LogP contribution in [0.1, 0.15) is 27.7 Å². The number of nitrogens with zero attached hydrogens (tertiary/aromatic N) is 2. The molecule has 0 radical (unpaired) electrons. The second-order valence-corrected chi connectivity index (χ2v) is 3.84. The zero-order chi connectivity index (χ0) is 11.3. The van der Waals surface area contributed by atoms with Gasteiger partial charge in [0.25, 0.3) is 0 Å². The lowest BCUT2D eigenvalue weighted by Gasteiger charge is -2.27. The Bertz CT molecular complexity index is 297. The molecule has 0 fully saturated rings. The van der Waals surface area contributed by atoms with Crippen LogP contribution in [0.5, 0.6) is 0 Å². The number of hydrogen-bond acceptors (Lipinski definition) is 3. The third-order valence-electron chi connectivity index (χ3n) is 2.40. The minimum atomic E-state index is 0.508. The molecule has 1 heterocycles. The first-order valence-electron chi connectivity index (χ1n) is 5.64. The summed E-state index contributed by atoms with van der Waals surface area (Å²) in [5.74, 6) is 0. The Hall–Kier alpha value is -1.25. The molecule has 1 rings (SSSR count). The van der Waals surface area contributed by atoms with Crippen molar-refractivity contribution in [3.8, 4) is 0 Å². The van der Waals surface area contributed by atoms with Crippen LogP contribution in [-0.2, 0) is 0 Å². The lowest BCUT2D eigenvalue weighted by Crippen LogP contribution is -2.30. The molecule has 3 heteroatoms. The second-order valence-electron chi connectivity index (χ2n) is 3.84. The van der Waals surface area contributed by atoms with Crippen molar-refractivity contribution >= 4 is 11.4 Å². The molecular weight excluding hydrogens is 186 g/mol. The molecule has 0 aliphatic heterocycles. The summed E-state index contributed by atoms with van der Waals surface area (Å²) < 4.78 is 0. The predicted octanol–water partition coefficient (Wildman–Crippen LogP) is 2.75. The van der Waals surface area contributed by atoms with Crippen LogP contribution in [0, 0.1) is 0 Å². The number of rotatable bonds is 5. The maximum atomic E-state index is 4.25. The van der Waals surface area contributed by atoms with Gasteiger partial charge < -0.3 is 10.2 Å². The fourth-order valence-electron chi connectivity index (χ4n) is 1.73. The SMILES string of the molecule is CCNc1cncc(N(CC)C(C)C)c1. The Morgan fingerprint density at radius 2 is 2.07 bits per heavy atom. The van der Waals surface area contributed by atoms with E-state index in [0.29, 0.717) is 6.04 Å². The van der Waals surface area contributed by atoms with Gasteiger partial charge in [0.15, 0.2) is 0 Å². The van der Waals surface area contributed by atoms with Crippen molar-refractivity contribution in [3.05, 3.63) is 18.5 Å². The average Bonchev–Trinajstić information content (AvgIpc) is 2.19. The molecule has 0 bridgehead atoms. The van der Waals surface area contributed by atoms with Crippen LogP contribution in [0.25, 0.3) is 0 Å². The number of anilines is 2. The molecule has 0 saturated heterocycles. The Balaban J connectivity index is 2.87. The Morgan fingerprint density at radius 1 is 1.33 bits per heavy atom. The second kappa shape index (κ2) is 5.59. The Kier molecular flexibility index (Phi) is 4.40. The summed E-state index contributed by atoms with van der Waals surface area (Å²) in [7, 11) is 0. The van der Waals surface area contributed by atoms with Gasteiger partial charge >= 0.3 is 0 Å². The molecule has 0 spiro atoms. The van der Waals surface area contributed by atoms with E-state index in [1.807, 2.05) is 12.4 Å². The third kappa shape index (κ3) is 3.11. The molecule has 1 N–H and O–H groups in total. The van der Waals surface area contributed by atoms with Crippen LogP contribution >= 0.6 is 0 Å². The van der Waals surface area contributed by atoms with Crippen molar-refractivity contribution in [2.75, 3.05) is 23.3 Å². The first kappa shape index (κ1) is 11.8. The summed E-state index contributed by atoms with van der Waals surface area (Å²) in [6.07, 6.45) is 3.78. The van der Waals surface area contributed by atoms with Gasteiger partial charge in [-0.25, -0.2) is 0 Å². The van der Waals surface area contributed by atoms with Crippen LogP contribution in [-0.4, -0.2) is 24.1 Å². The highest BCUT2D eigenvalue weighted by Gasteiger charge is 2.08. The van der Waals surface area contributed by atoms with Gasteiger partial charge in [0.1, 0.15) is 0 Å². The van der Waals surface area contributed by atoms with E-state index in [1.165, 1.54) is 5.69 Å². The number of aromatic nitrogens is 1. The molecular formula is C12H21N3. The number of nitrogens with one attached hydrogen (secondary N) is 1. The van der Waals surface area contributed by atoms with E-state index in [2.05, 4.69) is 49.0 Å². The normalized spacial score (nSPS) is 10.5. The topological polar surface area (TPSA) is 28.2 Å². The van der Waals surface area contributed by atoms with Gasteiger partial charge in [0.05, 0.1) is 23.8 Å². The maximum absolute atomic E-state index is 4.25. The molecule has 84 valence electrons. The Labute approximate surface area is 92.5 Å². The quantitative estimate of drug-likeness (QED) is 0.804. The molecule has 0 amide bonds. The predicted molar refractivity (Wildman–Crippen MR) is 66.6 cm³/mol. The van der Waals surface area contributed by atoms with Crippen molar-refractivity contribution in [2.24, 2.45) is 0 Å². The standard InChI is InChI=1S/C12H21N3/c1-5-14-11-7-12(9-13-8-11)15(6-2)10(3)4/h7-10,14H,5-6H2,1-4H3. The van der Waals surface area contributed by atoms with Crippen molar-refractivity contribution < 1.29 is 0 Å². The fourth-order valence-corrected chi connectivity index (χ4v) is 1.73. The average molecular weight is 207 g/mol. The highest BCUT2D eigenvalue weighted by Crippen LogP contribution is 2.19. The fraction of sp³-hybridized carbons (Fsp3) is 0.583. The third-order valence-corrected chi connectivity index (χ3v) is 2.40. The van der Waals surface area contributed by atoms with Gasteiger partial charge in [0.2, 0.25) is 0 Å². The summed E-state index contributed by atoms with van der Waals surface area (Å²) >= 11 is 0. The first-order chi connectivity index (χ1) is 7.19. The molecule has 15 heavy (non-hydrogen) atoms. The largest absolute Gasteiger partial charge is 0.384 e. The van der Waals surface area contributed by atoms with E-state index in [-0.39, 0.29) is 0 Å². The molecule has 0 aliphatic carbocycles. The highest BCUT2D eigenvalue weighted by molar-refractivity contribution is 5.55. The van der Waals surface area contributed by atoms with E-state index in [4.69, 9.17) is 0 Å². The van der Waals surface area contributed by atoms with E-state index >= 15 is 0 Å². The summed E-state index contributed by atoms with van der Waals surface area (Å²) in [6, 6.07) is 2.66. The maximum Gasteiger partial charge on any atom is 0.0575 e. The molecule has 0 aromatic carbocycles. The monoisotopic (exact) mass is 207 g/mol. The van der Waals surface area contributed by atoms with Crippen molar-refractivity contribution in [1.82, 2.24) is 4.98 Å². The van der Waals surface area contributed by atoms with E-state index in [0.717, 1.165) is 18.8 Å². The molecule has 1 aromatic heterocycles. The van der Waals surface area contributed by atoms with Gasteiger partial charge in [-0.15, -0.1) is 0 Å². The molecule has 0 unspecified atom stereocenters. The van der Waals surface area contributed by atoms with Gasteiger partial charge in [-0.1, -0.05) is 0 Å². The van der Waals surface area contributed by atoms with Gasteiger partial charge in [0, 0.05) is 19.1 Å². The van der Waals surface area contributed by atoms with E-state index in [1.54, 1.807) is 0 Å². The summed E-state index contributed by atoms with van der Waals surface area (Å²) in [6.45, 7) is 10.6. The molecule has 0 atom stereocenters. The van der Waals surface area contributed by atoms with Gasteiger partial charge in [-0.2, -0.15) is 0 Å². The highest BCUT2D eigenvalue weighted by atomic mass is 15.2. The van der Waals surface area contributed by atoms with Crippen LogP contribution < -0.4 is 10.2 Å². The number of pyridine rings is 1. The van der Waals surface area contributed by atoms with Crippen LogP contribution in [0.4, 0.5) is 11.4 Å². The molecule has 0 aliphatic rings. The van der Waals surface area contributed by atoms with Gasteiger partial charge in [-0.05, 0) is 33.8 Å². The van der Waals surface area contributed by atoms with Crippen molar-refractivity contribution in [3.63, 3.8) is 0 Å². The van der Waals surface area contributed by atoms with Gasteiger partial charge in [-0.3, -0.25) is 4.98 Å². The summed E-state index contributed by atoms with van der Waals surface area (Å²) in [4.78, 5) is 6.58. The molecule has 1 aromatic rings. The van der Waals surface area contributed by atoms with Crippen molar-refractivity contribution in [2.45, 2.75) is 33.7 Å². The Morgan fingerprint density at radius 3 is 2.60 bits per heavy atom. The molecule has 3 nitrogen and oxygen atoms in total. The lowest BCUT2D eigenvalue weighted by molar-refractivity contribution is 0.702. The lowest BCUT2D eigenvalue weighted by atomic mass is 10.2. The number of hydrogen-bond donors (Lipinski definition) is 1. The summed E-state index contributed by atoms with van der Waals surface area (Å²) in [5, 5.41) is 3.28. The van der Waals surface area contributed by atoms with Crippen LogP contribution in [0.15, 0.2) is 18.5 Å². The zero-order valence-electron chi connectivity index (χ0n) is 10.1. The first-order valence-corrected chi connectivity index (χ1v) is 5.64. The molecule has 0 saturated carbocycles.